The third-order valence-electron chi connectivity index (χ3n) is 3.80. The zero-order valence-corrected chi connectivity index (χ0v) is 12.8. The van der Waals surface area contributed by atoms with E-state index in [9.17, 15) is 0 Å². The highest BCUT2D eigenvalue weighted by Gasteiger charge is 2.21. The van der Waals surface area contributed by atoms with Crippen LogP contribution in [0.5, 0.6) is 5.75 Å². The molecule has 0 bridgehead atoms. The number of hydrogen-bond acceptors (Lipinski definition) is 6. The van der Waals surface area contributed by atoms with Gasteiger partial charge in [0.15, 0.2) is 0 Å². The molecule has 21 heavy (non-hydrogen) atoms. The van der Waals surface area contributed by atoms with Crippen molar-refractivity contribution in [2.45, 2.75) is 42.6 Å². The number of methoxy groups -OCH3 is 1. The summed E-state index contributed by atoms with van der Waals surface area (Å²) >= 11 is 1.65. The Labute approximate surface area is 128 Å². The molecule has 1 aromatic carbocycles. The van der Waals surface area contributed by atoms with Crippen LogP contribution in [0.15, 0.2) is 23.4 Å². The summed E-state index contributed by atoms with van der Waals surface area (Å²) in [4.78, 5) is 0. The molecule has 2 aromatic rings. The highest BCUT2D eigenvalue weighted by Crippen LogP contribution is 2.32. The van der Waals surface area contributed by atoms with Gasteiger partial charge < -0.3 is 10.5 Å². The number of nitrogen functional groups attached to an aromatic ring is 1. The van der Waals surface area contributed by atoms with Gasteiger partial charge in [-0.1, -0.05) is 30.7 Å². The Morgan fingerprint density at radius 3 is 2.90 bits per heavy atom. The quantitative estimate of drug-likeness (QED) is 0.676. The van der Waals surface area contributed by atoms with E-state index in [0.717, 1.165) is 16.5 Å². The minimum Gasteiger partial charge on any atom is -0.495 e. The molecule has 1 fully saturated rings. The van der Waals surface area contributed by atoms with Crippen molar-refractivity contribution in [2.24, 2.45) is 0 Å². The number of ether oxygens (including phenoxy) is 1. The molecule has 1 saturated carbocycles. The maximum atomic E-state index is 5.93. The molecule has 0 atom stereocenters. The molecule has 1 aromatic heterocycles. The summed E-state index contributed by atoms with van der Waals surface area (Å²) in [7, 11) is 1.62. The van der Waals surface area contributed by atoms with E-state index in [1.165, 1.54) is 25.7 Å². The van der Waals surface area contributed by atoms with E-state index in [-0.39, 0.29) is 0 Å². The molecule has 7 heteroatoms. The van der Waals surface area contributed by atoms with Gasteiger partial charge in [0.05, 0.1) is 18.8 Å². The summed E-state index contributed by atoms with van der Waals surface area (Å²) in [5.74, 6) is 1.50. The summed E-state index contributed by atoms with van der Waals surface area (Å²) in [5.41, 5.74) is 7.73. The lowest BCUT2D eigenvalue weighted by atomic mass is 10.2. The molecular formula is C14H19N5OS. The lowest BCUT2D eigenvalue weighted by molar-refractivity contribution is 0.417. The van der Waals surface area contributed by atoms with Crippen LogP contribution in [0.25, 0.3) is 0 Å². The lowest BCUT2D eigenvalue weighted by Crippen LogP contribution is -2.08. The number of thioether (sulfide) groups is 1. The van der Waals surface area contributed by atoms with E-state index in [4.69, 9.17) is 10.5 Å². The zero-order chi connectivity index (χ0) is 14.7. The second kappa shape index (κ2) is 6.34. The maximum absolute atomic E-state index is 5.93. The van der Waals surface area contributed by atoms with E-state index in [0.29, 0.717) is 17.5 Å². The lowest BCUT2D eigenvalue weighted by Gasteiger charge is -2.11. The van der Waals surface area contributed by atoms with E-state index in [2.05, 4.69) is 15.5 Å². The Balaban J connectivity index is 1.68. The van der Waals surface area contributed by atoms with Crippen molar-refractivity contribution in [1.29, 1.82) is 0 Å². The minimum atomic E-state index is 0.462. The van der Waals surface area contributed by atoms with E-state index in [1.807, 2.05) is 22.9 Å². The van der Waals surface area contributed by atoms with Gasteiger partial charge in [0.1, 0.15) is 5.75 Å². The Kier molecular flexibility index (Phi) is 4.28. The summed E-state index contributed by atoms with van der Waals surface area (Å²) in [6.45, 7) is 0. The number of anilines is 1. The molecule has 0 spiro atoms. The van der Waals surface area contributed by atoms with E-state index >= 15 is 0 Å². The Morgan fingerprint density at radius 2 is 2.19 bits per heavy atom. The van der Waals surface area contributed by atoms with Gasteiger partial charge in [-0.25, -0.2) is 4.68 Å². The molecule has 6 nitrogen and oxygen atoms in total. The highest BCUT2D eigenvalue weighted by molar-refractivity contribution is 7.98. The predicted molar refractivity (Wildman–Crippen MR) is 82.3 cm³/mol. The number of nitrogens with zero attached hydrogens (tertiary/aromatic N) is 4. The fourth-order valence-electron chi connectivity index (χ4n) is 2.68. The van der Waals surface area contributed by atoms with Crippen molar-refractivity contribution < 1.29 is 4.74 Å². The molecule has 1 aliphatic rings. The molecule has 3 rings (SSSR count). The molecule has 2 N–H and O–H groups in total. The second-order valence-electron chi connectivity index (χ2n) is 5.21. The zero-order valence-electron chi connectivity index (χ0n) is 12.0. The van der Waals surface area contributed by atoms with E-state index < -0.39 is 0 Å². The fraction of sp³-hybridized carbons (Fsp3) is 0.500. The number of tetrazole rings is 1. The number of nitrogens with two attached hydrogens (primary N) is 1. The summed E-state index contributed by atoms with van der Waals surface area (Å²) in [5, 5.41) is 13.0. The van der Waals surface area contributed by atoms with Gasteiger partial charge in [0, 0.05) is 5.75 Å². The third-order valence-corrected chi connectivity index (χ3v) is 4.80. The molecule has 0 saturated heterocycles. The predicted octanol–water partition coefficient (Wildman–Crippen LogP) is 2.67. The molecule has 0 amide bonds. The Hall–Kier alpha value is -1.76. The maximum Gasteiger partial charge on any atom is 0.209 e. The molecule has 0 unspecified atom stereocenters. The number of rotatable bonds is 5. The van der Waals surface area contributed by atoms with Gasteiger partial charge in [0.25, 0.3) is 0 Å². The minimum absolute atomic E-state index is 0.462. The van der Waals surface area contributed by atoms with Crippen LogP contribution in [0.3, 0.4) is 0 Å². The van der Waals surface area contributed by atoms with Crippen molar-refractivity contribution in [3.05, 3.63) is 23.8 Å². The number of hydrogen-bond donors (Lipinski definition) is 1. The molecule has 0 radical (unpaired) electrons. The van der Waals surface area contributed by atoms with Gasteiger partial charge in [0.2, 0.25) is 5.16 Å². The number of aromatic nitrogens is 4. The van der Waals surface area contributed by atoms with Crippen LogP contribution >= 0.6 is 11.8 Å². The van der Waals surface area contributed by atoms with Crippen LogP contribution in [0.4, 0.5) is 5.69 Å². The van der Waals surface area contributed by atoms with Crippen LogP contribution in [-0.2, 0) is 5.75 Å². The normalized spacial score (nSPS) is 15.5. The molecule has 0 aliphatic heterocycles. The molecule has 1 heterocycles. The summed E-state index contributed by atoms with van der Waals surface area (Å²) in [6.07, 6.45) is 4.88. The third kappa shape index (κ3) is 3.12. The van der Waals surface area contributed by atoms with Crippen molar-refractivity contribution >= 4 is 17.4 Å². The van der Waals surface area contributed by atoms with Crippen molar-refractivity contribution in [1.82, 2.24) is 20.2 Å². The first-order valence-electron chi connectivity index (χ1n) is 7.11. The topological polar surface area (TPSA) is 78.9 Å². The van der Waals surface area contributed by atoms with Crippen molar-refractivity contribution in [3.8, 4) is 5.75 Å². The van der Waals surface area contributed by atoms with Crippen LogP contribution in [0.1, 0.15) is 37.3 Å². The van der Waals surface area contributed by atoms with Gasteiger partial charge in [-0.2, -0.15) is 0 Å². The monoisotopic (exact) mass is 305 g/mol. The van der Waals surface area contributed by atoms with Crippen LogP contribution in [-0.4, -0.2) is 27.3 Å². The van der Waals surface area contributed by atoms with Gasteiger partial charge >= 0.3 is 0 Å². The van der Waals surface area contributed by atoms with Gasteiger partial charge in [-0.05, 0) is 41.0 Å². The van der Waals surface area contributed by atoms with Crippen LogP contribution in [0, 0.1) is 0 Å². The van der Waals surface area contributed by atoms with Crippen molar-refractivity contribution in [3.63, 3.8) is 0 Å². The smallest absolute Gasteiger partial charge is 0.209 e. The van der Waals surface area contributed by atoms with Crippen molar-refractivity contribution in [2.75, 3.05) is 12.8 Å². The second-order valence-corrected chi connectivity index (χ2v) is 6.15. The first-order valence-corrected chi connectivity index (χ1v) is 8.09. The highest BCUT2D eigenvalue weighted by atomic mass is 32.2. The van der Waals surface area contributed by atoms with Gasteiger partial charge in [-0.15, -0.1) is 5.10 Å². The first kappa shape index (κ1) is 14.2. The standard InChI is InChI=1S/C14H19N5OS/c1-20-13-7-6-10(8-12(13)15)9-21-14-16-17-18-19(14)11-4-2-3-5-11/h6-8,11H,2-5,9,15H2,1H3. The Bertz CT molecular complexity index is 609. The van der Waals surface area contributed by atoms with Crippen LogP contribution < -0.4 is 10.5 Å². The first-order chi connectivity index (χ1) is 10.3. The largest absolute Gasteiger partial charge is 0.495 e. The van der Waals surface area contributed by atoms with Gasteiger partial charge in [-0.3, -0.25) is 0 Å². The summed E-state index contributed by atoms with van der Waals surface area (Å²) < 4.78 is 7.15. The van der Waals surface area contributed by atoms with Crippen LogP contribution in [0.2, 0.25) is 0 Å². The average Bonchev–Trinajstić information content (AvgIpc) is 3.16. The Morgan fingerprint density at radius 1 is 1.38 bits per heavy atom. The SMILES string of the molecule is COc1ccc(CSc2nnnn2C2CCCC2)cc1N. The average molecular weight is 305 g/mol. The fourth-order valence-corrected chi connectivity index (χ4v) is 3.57. The van der Waals surface area contributed by atoms with E-state index in [1.54, 1.807) is 18.9 Å². The molecule has 1 aliphatic carbocycles. The molecule has 112 valence electrons. The molecular weight excluding hydrogens is 286 g/mol. The number of benzene rings is 1. The summed E-state index contributed by atoms with van der Waals surface area (Å²) in [6, 6.07) is 6.32.